The summed E-state index contributed by atoms with van der Waals surface area (Å²) in [6.07, 6.45) is -0.499. The molecule has 1 aromatic rings. The predicted octanol–water partition coefficient (Wildman–Crippen LogP) is 1.96. The molecule has 2 amide bonds. The van der Waals surface area contributed by atoms with Crippen molar-refractivity contribution in [2.75, 3.05) is 37.4 Å². The molecule has 0 fully saturated rings. The van der Waals surface area contributed by atoms with E-state index in [4.69, 9.17) is 4.74 Å². The zero-order valence-corrected chi connectivity index (χ0v) is 14.4. The van der Waals surface area contributed by atoms with Crippen molar-refractivity contribution in [1.29, 1.82) is 0 Å². The summed E-state index contributed by atoms with van der Waals surface area (Å²) in [7, 11) is 3.93. The van der Waals surface area contributed by atoms with Gasteiger partial charge >= 0.3 is 0 Å². The van der Waals surface area contributed by atoms with Crippen LogP contribution in [0.3, 0.4) is 0 Å². The number of carbonyl (C=O) groups excluding carboxylic acids is 2. The first-order valence-electron chi connectivity index (χ1n) is 7.87. The quantitative estimate of drug-likeness (QED) is 0.901. The molecule has 0 radical (unpaired) electrons. The SMILES string of the molecule is CC(C)C(=O)Nc1ccc2c(c1)N(CCN(C)C)C(=O)C(C)O2. The summed E-state index contributed by atoms with van der Waals surface area (Å²) in [4.78, 5) is 28.1. The largest absolute Gasteiger partial charge is 0.479 e. The zero-order chi connectivity index (χ0) is 17.1. The minimum atomic E-state index is -0.499. The van der Waals surface area contributed by atoms with Crippen molar-refractivity contribution in [3.63, 3.8) is 0 Å². The number of benzene rings is 1. The Morgan fingerprint density at radius 2 is 2.09 bits per heavy atom. The molecular weight excluding hydrogens is 294 g/mol. The highest BCUT2D eigenvalue weighted by Gasteiger charge is 2.31. The number of likely N-dealkylation sites (N-methyl/N-ethyl adjacent to an activating group) is 1. The van der Waals surface area contributed by atoms with Gasteiger partial charge in [0.15, 0.2) is 6.10 Å². The van der Waals surface area contributed by atoms with Crippen LogP contribution in [0.25, 0.3) is 0 Å². The normalized spacial score (nSPS) is 17.3. The number of hydrogen-bond donors (Lipinski definition) is 1. The van der Waals surface area contributed by atoms with Crippen LogP contribution >= 0.6 is 0 Å². The van der Waals surface area contributed by atoms with E-state index in [1.165, 1.54) is 0 Å². The Hall–Kier alpha value is -2.08. The monoisotopic (exact) mass is 319 g/mol. The number of carbonyl (C=O) groups is 2. The summed E-state index contributed by atoms with van der Waals surface area (Å²) in [5, 5.41) is 2.86. The fraction of sp³-hybridized carbons (Fsp3) is 0.529. The fourth-order valence-corrected chi connectivity index (χ4v) is 2.30. The second-order valence-corrected chi connectivity index (χ2v) is 6.38. The maximum Gasteiger partial charge on any atom is 0.267 e. The van der Waals surface area contributed by atoms with E-state index in [9.17, 15) is 9.59 Å². The first-order chi connectivity index (χ1) is 10.8. The maximum absolute atomic E-state index is 12.4. The van der Waals surface area contributed by atoms with Crippen LogP contribution in [0.15, 0.2) is 18.2 Å². The van der Waals surface area contributed by atoms with Gasteiger partial charge < -0.3 is 19.9 Å². The molecule has 0 saturated heterocycles. The molecule has 1 unspecified atom stereocenters. The van der Waals surface area contributed by atoms with E-state index in [-0.39, 0.29) is 17.7 Å². The highest BCUT2D eigenvalue weighted by molar-refractivity contribution is 6.01. The Bertz CT molecular complexity index is 599. The van der Waals surface area contributed by atoms with Crippen molar-refractivity contribution < 1.29 is 14.3 Å². The Balaban J connectivity index is 2.29. The summed E-state index contributed by atoms with van der Waals surface area (Å²) in [5.41, 5.74) is 1.37. The molecule has 1 aromatic carbocycles. The third kappa shape index (κ3) is 4.01. The number of rotatable bonds is 5. The van der Waals surface area contributed by atoms with Gasteiger partial charge in [0.2, 0.25) is 5.91 Å². The number of hydrogen-bond acceptors (Lipinski definition) is 4. The third-order valence-electron chi connectivity index (χ3n) is 3.73. The van der Waals surface area contributed by atoms with Crippen molar-refractivity contribution in [2.45, 2.75) is 26.9 Å². The summed E-state index contributed by atoms with van der Waals surface area (Å²) in [6, 6.07) is 5.40. The molecule has 0 bridgehead atoms. The molecular formula is C17H25N3O3. The van der Waals surface area contributed by atoms with E-state index < -0.39 is 6.10 Å². The van der Waals surface area contributed by atoms with Gasteiger partial charge in [0, 0.05) is 24.7 Å². The van der Waals surface area contributed by atoms with E-state index in [1.807, 2.05) is 32.8 Å². The number of nitrogens with zero attached hydrogens (tertiary/aromatic N) is 2. The Labute approximate surface area is 137 Å². The van der Waals surface area contributed by atoms with Crippen LogP contribution in [0.1, 0.15) is 20.8 Å². The molecule has 126 valence electrons. The van der Waals surface area contributed by atoms with Gasteiger partial charge in [0.1, 0.15) is 5.75 Å². The highest BCUT2D eigenvalue weighted by atomic mass is 16.5. The van der Waals surface area contributed by atoms with E-state index in [1.54, 1.807) is 30.0 Å². The number of ether oxygens (including phenoxy) is 1. The Kier molecular flexibility index (Phi) is 5.26. The van der Waals surface area contributed by atoms with Crippen molar-refractivity contribution in [3.8, 4) is 5.75 Å². The molecule has 0 spiro atoms. The topological polar surface area (TPSA) is 61.9 Å². The van der Waals surface area contributed by atoms with Gasteiger partial charge in [-0.1, -0.05) is 13.8 Å². The minimum absolute atomic E-state index is 0.0544. The van der Waals surface area contributed by atoms with Crippen LogP contribution in [0.4, 0.5) is 11.4 Å². The smallest absolute Gasteiger partial charge is 0.267 e. The zero-order valence-electron chi connectivity index (χ0n) is 14.4. The van der Waals surface area contributed by atoms with Gasteiger partial charge in [0.05, 0.1) is 5.69 Å². The summed E-state index contributed by atoms with van der Waals surface area (Å²) >= 11 is 0. The van der Waals surface area contributed by atoms with Crippen LogP contribution < -0.4 is 15.0 Å². The van der Waals surface area contributed by atoms with E-state index in [0.717, 1.165) is 6.54 Å². The van der Waals surface area contributed by atoms with Crippen LogP contribution in [-0.4, -0.2) is 50.0 Å². The van der Waals surface area contributed by atoms with Crippen molar-refractivity contribution in [2.24, 2.45) is 5.92 Å². The second-order valence-electron chi connectivity index (χ2n) is 6.38. The van der Waals surface area contributed by atoms with E-state index in [0.29, 0.717) is 23.7 Å². The van der Waals surface area contributed by atoms with Gasteiger partial charge in [-0.2, -0.15) is 0 Å². The van der Waals surface area contributed by atoms with Crippen LogP contribution in [0.5, 0.6) is 5.75 Å². The lowest BCUT2D eigenvalue weighted by molar-refractivity contribution is -0.125. The molecule has 0 saturated carbocycles. The first-order valence-corrected chi connectivity index (χ1v) is 7.87. The standard InChI is InChI=1S/C17H25N3O3/c1-11(2)16(21)18-13-6-7-15-14(10-13)20(9-8-19(4)5)17(22)12(3)23-15/h6-7,10-12H,8-9H2,1-5H3,(H,18,21). The molecule has 23 heavy (non-hydrogen) atoms. The number of amides is 2. The first kappa shape index (κ1) is 17.3. The molecule has 1 N–H and O–H groups in total. The fourth-order valence-electron chi connectivity index (χ4n) is 2.30. The number of fused-ring (bicyclic) bond motifs is 1. The molecule has 0 aliphatic carbocycles. The molecule has 1 aliphatic heterocycles. The molecule has 1 atom stereocenters. The van der Waals surface area contributed by atoms with E-state index in [2.05, 4.69) is 5.32 Å². The molecule has 2 rings (SSSR count). The Morgan fingerprint density at radius 3 is 2.70 bits per heavy atom. The minimum Gasteiger partial charge on any atom is -0.479 e. The molecule has 6 nitrogen and oxygen atoms in total. The number of anilines is 2. The Morgan fingerprint density at radius 1 is 1.39 bits per heavy atom. The van der Waals surface area contributed by atoms with Crippen LogP contribution in [-0.2, 0) is 9.59 Å². The van der Waals surface area contributed by atoms with Gasteiger partial charge in [-0.25, -0.2) is 0 Å². The lowest BCUT2D eigenvalue weighted by atomic mass is 10.1. The van der Waals surface area contributed by atoms with Gasteiger partial charge in [0.25, 0.3) is 5.91 Å². The van der Waals surface area contributed by atoms with Gasteiger partial charge in [-0.3, -0.25) is 9.59 Å². The van der Waals surface area contributed by atoms with Crippen LogP contribution in [0.2, 0.25) is 0 Å². The van der Waals surface area contributed by atoms with Crippen molar-refractivity contribution in [1.82, 2.24) is 4.90 Å². The predicted molar refractivity (Wildman–Crippen MR) is 90.9 cm³/mol. The van der Waals surface area contributed by atoms with E-state index >= 15 is 0 Å². The maximum atomic E-state index is 12.4. The van der Waals surface area contributed by atoms with Gasteiger partial charge in [-0.05, 0) is 39.2 Å². The van der Waals surface area contributed by atoms with Crippen molar-refractivity contribution in [3.05, 3.63) is 18.2 Å². The second kappa shape index (κ2) is 7.00. The van der Waals surface area contributed by atoms with Crippen molar-refractivity contribution >= 4 is 23.2 Å². The average molecular weight is 319 g/mol. The summed E-state index contributed by atoms with van der Waals surface area (Å²) in [5.74, 6) is 0.445. The summed E-state index contributed by atoms with van der Waals surface area (Å²) in [6.45, 7) is 6.76. The van der Waals surface area contributed by atoms with Gasteiger partial charge in [-0.15, -0.1) is 0 Å². The lowest BCUT2D eigenvalue weighted by Crippen LogP contribution is -2.46. The third-order valence-corrected chi connectivity index (χ3v) is 3.73. The molecule has 1 heterocycles. The van der Waals surface area contributed by atoms with Crippen LogP contribution in [0, 0.1) is 5.92 Å². The lowest BCUT2D eigenvalue weighted by Gasteiger charge is -2.34. The molecule has 6 heteroatoms. The number of nitrogens with one attached hydrogen (secondary N) is 1. The average Bonchev–Trinajstić information content (AvgIpc) is 2.48. The summed E-state index contributed by atoms with van der Waals surface area (Å²) < 4.78 is 5.67. The highest BCUT2D eigenvalue weighted by Crippen LogP contribution is 2.36. The molecule has 1 aliphatic rings. The molecule has 0 aromatic heterocycles.